The van der Waals surface area contributed by atoms with Crippen molar-refractivity contribution >= 4 is 39.3 Å². The van der Waals surface area contributed by atoms with E-state index in [-0.39, 0.29) is 34.9 Å². The van der Waals surface area contributed by atoms with E-state index in [4.69, 9.17) is 0 Å². The highest BCUT2D eigenvalue weighted by molar-refractivity contribution is 8.00. The Kier molecular flexibility index (Phi) is 7.41. The average Bonchev–Trinajstić information content (AvgIpc) is 2.93. The van der Waals surface area contributed by atoms with Crippen molar-refractivity contribution in [1.29, 1.82) is 0 Å². The summed E-state index contributed by atoms with van der Waals surface area (Å²) >= 11 is 1.53. The Morgan fingerprint density at radius 3 is 2.55 bits per heavy atom. The number of carbonyl (C=O) groups is 2. The molecule has 1 saturated heterocycles. The van der Waals surface area contributed by atoms with E-state index in [0.717, 1.165) is 29.7 Å². The second-order valence-corrected chi connectivity index (χ2v) is 11.9. The lowest BCUT2D eigenvalue weighted by molar-refractivity contribution is -0.123. The molecular formula is C24H29N3O4S2. The lowest BCUT2D eigenvalue weighted by atomic mass is 10.2. The summed E-state index contributed by atoms with van der Waals surface area (Å²) in [6.07, 6.45) is 3.01. The summed E-state index contributed by atoms with van der Waals surface area (Å²) in [5.74, 6) is -0.474. The van der Waals surface area contributed by atoms with Crippen molar-refractivity contribution in [2.75, 3.05) is 24.5 Å². The van der Waals surface area contributed by atoms with E-state index in [1.54, 1.807) is 18.2 Å². The molecule has 0 aromatic heterocycles. The van der Waals surface area contributed by atoms with Gasteiger partial charge < -0.3 is 10.2 Å². The Labute approximate surface area is 199 Å². The second kappa shape index (κ2) is 10.3. The van der Waals surface area contributed by atoms with Crippen molar-refractivity contribution in [3.63, 3.8) is 0 Å². The lowest BCUT2D eigenvalue weighted by Crippen LogP contribution is -2.41. The number of thioether (sulfide) groups is 1. The van der Waals surface area contributed by atoms with Gasteiger partial charge in [0.05, 0.1) is 10.6 Å². The molecule has 1 atom stereocenters. The summed E-state index contributed by atoms with van der Waals surface area (Å²) in [6, 6.07) is 14.5. The predicted molar refractivity (Wildman–Crippen MR) is 130 cm³/mol. The quantitative estimate of drug-likeness (QED) is 0.675. The first-order valence-electron chi connectivity index (χ1n) is 11.3. The van der Waals surface area contributed by atoms with Crippen LogP contribution in [0.25, 0.3) is 0 Å². The summed E-state index contributed by atoms with van der Waals surface area (Å²) in [7, 11) is -3.65. The van der Waals surface area contributed by atoms with E-state index in [0.29, 0.717) is 25.3 Å². The number of fused-ring (bicyclic) bond motifs is 1. The predicted octanol–water partition coefficient (Wildman–Crippen LogP) is 3.39. The first-order chi connectivity index (χ1) is 15.8. The van der Waals surface area contributed by atoms with Gasteiger partial charge in [-0.1, -0.05) is 43.7 Å². The Morgan fingerprint density at radius 1 is 1.09 bits per heavy atom. The van der Waals surface area contributed by atoms with E-state index in [1.807, 2.05) is 37.3 Å². The van der Waals surface area contributed by atoms with Crippen LogP contribution in [0.1, 0.15) is 38.2 Å². The van der Waals surface area contributed by atoms with Crippen molar-refractivity contribution in [3.8, 4) is 0 Å². The first kappa shape index (κ1) is 23.8. The fourth-order valence-electron chi connectivity index (χ4n) is 4.14. The molecule has 4 rings (SSSR count). The van der Waals surface area contributed by atoms with E-state index in [1.165, 1.54) is 21.0 Å². The van der Waals surface area contributed by atoms with Crippen LogP contribution < -0.4 is 10.2 Å². The van der Waals surface area contributed by atoms with Crippen LogP contribution in [0.2, 0.25) is 0 Å². The third kappa shape index (κ3) is 5.59. The number of hydrogen-bond donors (Lipinski definition) is 1. The van der Waals surface area contributed by atoms with Gasteiger partial charge in [0.15, 0.2) is 0 Å². The molecule has 0 unspecified atom stereocenters. The highest BCUT2D eigenvalue weighted by Gasteiger charge is 2.31. The summed E-state index contributed by atoms with van der Waals surface area (Å²) < 4.78 is 28.0. The van der Waals surface area contributed by atoms with E-state index < -0.39 is 10.0 Å². The van der Waals surface area contributed by atoms with Gasteiger partial charge in [-0.05, 0) is 36.6 Å². The molecule has 0 saturated carbocycles. The van der Waals surface area contributed by atoms with Gasteiger partial charge >= 0.3 is 0 Å². The van der Waals surface area contributed by atoms with Crippen LogP contribution in [0, 0.1) is 0 Å². The molecule has 176 valence electrons. The number of amides is 2. The molecule has 0 bridgehead atoms. The zero-order valence-corrected chi connectivity index (χ0v) is 20.3. The molecule has 2 aromatic rings. The van der Waals surface area contributed by atoms with Crippen molar-refractivity contribution in [2.45, 2.75) is 54.2 Å². The zero-order chi connectivity index (χ0) is 23.4. The Balaban J connectivity index is 1.59. The number of hydrogen-bond acceptors (Lipinski definition) is 5. The minimum absolute atomic E-state index is 0.0261. The third-order valence-corrected chi connectivity index (χ3v) is 8.96. The minimum atomic E-state index is -3.65. The summed E-state index contributed by atoms with van der Waals surface area (Å²) in [5, 5.41) is 2.89. The summed E-state index contributed by atoms with van der Waals surface area (Å²) in [5.41, 5.74) is 1.45. The van der Waals surface area contributed by atoms with Gasteiger partial charge in [0.1, 0.15) is 6.54 Å². The second-order valence-electron chi connectivity index (χ2n) is 8.47. The largest absolute Gasteiger partial charge is 0.350 e. The molecule has 1 N–H and O–H groups in total. The van der Waals surface area contributed by atoms with Crippen molar-refractivity contribution in [2.24, 2.45) is 0 Å². The van der Waals surface area contributed by atoms with Crippen LogP contribution in [-0.4, -0.2) is 49.4 Å². The number of rotatable bonds is 6. The molecule has 33 heavy (non-hydrogen) atoms. The number of benzene rings is 2. The number of piperidine rings is 1. The molecule has 2 amide bonds. The van der Waals surface area contributed by atoms with Crippen molar-refractivity contribution < 1.29 is 18.0 Å². The monoisotopic (exact) mass is 487 g/mol. The van der Waals surface area contributed by atoms with Gasteiger partial charge in [-0.2, -0.15) is 4.31 Å². The van der Waals surface area contributed by atoms with Gasteiger partial charge in [-0.15, -0.1) is 11.8 Å². The van der Waals surface area contributed by atoms with Crippen LogP contribution in [0.4, 0.5) is 5.69 Å². The smallest absolute Gasteiger partial charge is 0.243 e. The minimum Gasteiger partial charge on any atom is -0.350 e. The van der Waals surface area contributed by atoms with E-state index >= 15 is 0 Å². The lowest BCUT2D eigenvalue weighted by Gasteiger charge is -2.27. The average molecular weight is 488 g/mol. The topological polar surface area (TPSA) is 86.8 Å². The van der Waals surface area contributed by atoms with Crippen LogP contribution in [-0.2, 0) is 26.2 Å². The molecule has 2 heterocycles. The highest BCUT2D eigenvalue weighted by atomic mass is 32.2. The van der Waals surface area contributed by atoms with Crippen LogP contribution in [0.5, 0.6) is 0 Å². The summed E-state index contributed by atoms with van der Waals surface area (Å²) in [6.45, 7) is 3.19. The van der Waals surface area contributed by atoms with Gasteiger partial charge in [-0.25, -0.2) is 8.42 Å². The fraction of sp³-hybridized carbons (Fsp3) is 0.417. The fourth-order valence-corrected chi connectivity index (χ4v) is 6.77. The SMILES string of the molecule is C[C@H]1CC(=O)N(CC(=O)NCc2ccccc2)c2cc(S(=O)(=O)N3CCCCC3)ccc2S1. The number of carbonyl (C=O) groups excluding carboxylic acids is 2. The van der Waals surface area contributed by atoms with Crippen LogP contribution in [0.3, 0.4) is 0 Å². The third-order valence-electron chi connectivity index (χ3n) is 5.90. The van der Waals surface area contributed by atoms with Gasteiger partial charge in [0.25, 0.3) is 0 Å². The maximum absolute atomic E-state index is 13.2. The van der Waals surface area contributed by atoms with Crippen molar-refractivity contribution in [1.82, 2.24) is 9.62 Å². The molecule has 1 fully saturated rings. The maximum Gasteiger partial charge on any atom is 0.243 e. The van der Waals surface area contributed by atoms with E-state index in [2.05, 4.69) is 5.32 Å². The van der Waals surface area contributed by atoms with Gasteiger partial charge in [0.2, 0.25) is 21.8 Å². The number of sulfonamides is 1. The standard InChI is InChI=1S/C24H29N3O4S2/c1-18-14-24(29)27(17-23(28)25-16-19-8-4-2-5-9-19)21-15-20(10-11-22(21)32-18)33(30,31)26-12-6-3-7-13-26/h2,4-5,8-11,15,18H,3,6-7,12-14,16-17H2,1H3,(H,25,28)/t18-/m0/s1. The molecule has 7 nitrogen and oxygen atoms in total. The molecule has 2 aliphatic heterocycles. The summed E-state index contributed by atoms with van der Waals surface area (Å²) in [4.78, 5) is 28.2. The number of anilines is 1. The first-order valence-corrected chi connectivity index (χ1v) is 13.6. The molecule has 0 spiro atoms. The maximum atomic E-state index is 13.2. The molecule has 2 aliphatic rings. The Morgan fingerprint density at radius 2 is 1.82 bits per heavy atom. The number of nitrogens with zero attached hydrogens (tertiary/aromatic N) is 2. The molecule has 2 aromatic carbocycles. The van der Waals surface area contributed by atoms with Gasteiger partial charge in [-0.3, -0.25) is 9.59 Å². The van der Waals surface area contributed by atoms with Crippen LogP contribution >= 0.6 is 11.8 Å². The molecule has 0 aliphatic carbocycles. The Hall–Kier alpha value is -2.36. The highest BCUT2D eigenvalue weighted by Crippen LogP contribution is 2.39. The molecular weight excluding hydrogens is 458 g/mol. The normalized spacial score (nSPS) is 19.6. The molecule has 9 heteroatoms. The van der Waals surface area contributed by atoms with E-state index in [9.17, 15) is 18.0 Å². The molecule has 0 radical (unpaired) electrons. The zero-order valence-electron chi connectivity index (χ0n) is 18.7. The Bertz CT molecular complexity index is 1120. The van der Waals surface area contributed by atoms with Crippen molar-refractivity contribution in [3.05, 3.63) is 54.1 Å². The van der Waals surface area contributed by atoms with Gasteiger partial charge in [0, 0.05) is 36.2 Å². The number of nitrogens with one attached hydrogen (secondary N) is 1. The van der Waals surface area contributed by atoms with Crippen LogP contribution in [0.15, 0.2) is 58.3 Å².